The lowest BCUT2D eigenvalue weighted by Gasteiger charge is -2.29. The van der Waals surface area contributed by atoms with Gasteiger partial charge >= 0.3 is 0 Å². The molecular weight excluding hydrogens is 380 g/mol. The molecule has 0 fully saturated rings. The van der Waals surface area contributed by atoms with Crippen molar-refractivity contribution in [2.24, 2.45) is 11.1 Å². The molecule has 4 N–H and O–H groups in total. The predicted molar refractivity (Wildman–Crippen MR) is 115 cm³/mol. The number of nitrogens with one attached hydrogen (secondary N) is 2. The lowest BCUT2D eigenvalue weighted by Crippen LogP contribution is -2.22. The first kappa shape index (κ1) is 19.8. The van der Waals surface area contributed by atoms with Gasteiger partial charge in [0.15, 0.2) is 0 Å². The maximum Gasteiger partial charge on any atom is 0.279 e. The van der Waals surface area contributed by atoms with Gasteiger partial charge in [-0.05, 0) is 41.8 Å². The van der Waals surface area contributed by atoms with Crippen LogP contribution in [0.25, 0.3) is 11.4 Å². The highest BCUT2D eigenvalue weighted by atomic mass is 16.5. The molecule has 0 amide bonds. The summed E-state index contributed by atoms with van der Waals surface area (Å²) in [5.74, 6) is 2.87. The summed E-state index contributed by atoms with van der Waals surface area (Å²) in [4.78, 5) is 7.47. The minimum Gasteiger partial charge on any atom is -0.493 e. The number of amidine groups is 1. The summed E-state index contributed by atoms with van der Waals surface area (Å²) in [5.41, 5.74) is 8.35. The van der Waals surface area contributed by atoms with Crippen molar-refractivity contribution in [3.63, 3.8) is 0 Å². The Balaban J connectivity index is 1.72. The second-order valence-corrected chi connectivity index (χ2v) is 8.57. The fourth-order valence-electron chi connectivity index (χ4n) is 3.40. The predicted octanol–water partition coefficient (Wildman–Crippen LogP) is 4.65. The van der Waals surface area contributed by atoms with Crippen LogP contribution in [0.3, 0.4) is 0 Å². The van der Waals surface area contributed by atoms with E-state index in [1.165, 1.54) is 0 Å². The molecule has 0 radical (unpaired) electrons. The van der Waals surface area contributed by atoms with Crippen LogP contribution in [0.15, 0.2) is 48.8 Å². The van der Waals surface area contributed by atoms with Gasteiger partial charge in [-0.2, -0.15) is 0 Å². The molecule has 4 rings (SSSR count). The molecule has 1 aliphatic rings. The number of H-pyrrole nitrogens is 1. The fourth-order valence-corrected chi connectivity index (χ4v) is 3.40. The van der Waals surface area contributed by atoms with Gasteiger partial charge in [0.25, 0.3) is 6.02 Å². The molecule has 1 aliphatic heterocycles. The van der Waals surface area contributed by atoms with E-state index in [2.05, 4.69) is 30.7 Å². The Kier molecular flexibility index (Phi) is 5.11. The van der Waals surface area contributed by atoms with E-state index in [4.69, 9.17) is 25.4 Å². The third kappa shape index (κ3) is 4.25. The Morgan fingerprint density at radius 3 is 2.57 bits per heavy atom. The highest BCUT2D eigenvalue weighted by Gasteiger charge is 2.29. The van der Waals surface area contributed by atoms with E-state index in [1.54, 1.807) is 12.4 Å². The number of fused-ring (bicyclic) bond motifs is 2. The first-order valence-corrected chi connectivity index (χ1v) is 9.85. The Hall–Kier alpha value is -3.48. The molecule has 3 aromatic rings. The van der Waals surface area contributed by atoms with Gasteiger partial charge in [0.05, 0.1) is 12.5 Å². The van der Waals surface area contributed by atoms with E-state index in [0.29, 0.717) is 6.61 Å². The van der Waals surface area contributed by atoms with Crippen LogP contribution >= 0.6 is 0 Å². The topological polar surface area (TPSA) is 106 Å². The van der Waals surface area contributed by atoms with Gasteiger partial charge in [-0.15, -0.1) is 0 Å². The molecule has 0 unspecified atom stereocenters. The molecule has 7 nitrogen and oxygen atoms in total. The van der Waals surface area contributed by atoms with Crippen molar-refractivity contribution >= 4 is 6.02 Å². The molecule has 1 aromatic heterocycles. The third-order valence-corrected chi connectivity index (χ3v) is 4.81. The van der Waals surface area contributed by atoms with Crippen LogP contribution in [0.5, 0.6) is 17.2 Å². The average Bonchev–Trinajstić information content (AvgIpc) is 3.23. The van der Waals surface area contributed by atoms with Crippen LogP contribution in [0, 0.1) is 10.8 Å². The number of ether oxygens (including phenoxy) is 3. The Labute approximate surface area is 175 Å². The van der Waals surface area contributed by atoms with Crippen LogP contribution in [-0.4, -0.2) is 29.2 Å². The number of nitrogens with zero attached hydrogens (tertiary/aromatic N) is 1. The molecule has 0 saturated heterocycles. The molecule has 0 saturated carbocycles. The summed E-state index contributed by atoms with van der Waals surface area (Å²) in [6.07, 6.45) is 3.51. The van der Waals surface area contributed by atoms with Gasteiger partial charge < -0.3 is 24.9 Å². The Morgan fingerprint density at radius 2 is 1.90 bits per heavy atom. The molecule has 0 bridgehead atoms. The minimum absolute atomic E-state index is 0.0497. The number of benzene rings is 2. The SMILES string of the molecule is CC(C)(C)COc1ccc2c(c1)[C@H](COC(=N)N)c1cc(-c3ncc[nH]3)ccc1O2. The van der Waals surface area contributed by atoms with E-state index in [0.717, 1.165) is 39.8 Å². The zero-order valence-electron chi connectivity index (χ0n) is 17.4. The number of nitrogens with two attached hydrogens (primary N) is 1. The van der Waals surface area contributed by atoms with Crippen molar-refractivity contribution in [2.45, 2.75) is 26.7 Å². The van der Waals surface area contributed by atoms with Crippen LogP contribution in [-0.2, 0) is 4.74 Å². The lowest BCUT2D eigenvalue weighted by molar-refractivity contribution is 0.197. The smallest absolute Gasteiger partial charge is 0.279 e. The zero-order chi connectivity index (χ0) is 21.3. The van der Waals surface area contributed by atoms with Crippen molar-refractivity contribution < 1.29 is 14.2 Å². The molecule has 2 heterocycles. The van der Waals surface area contributed by atoms with Crippen molar-refractivity contribution in [1.29, 1.82) is 5.41 Å². The molecule has 0 spiro atoms. The van der Waals surface area contributed by atoms with E-state index < -0.39 is 0 Å². The number of hydrogen-bond donors (Lipinski definition) is 3. The largest absolute Gasteiger partial charge is 0.493 e. The maximum absolute atomic E-state index is 7.50. The van der Waals surface area contributed by atoms with Crippen LogP contribution in [0.4, 0.5) is 0 Å². The number of imidazole rings is 1. The van der Waals surface area contributed by atoms with E-state index in [9.17, 15) is 0 Å². The van der Waals surface area contributed by atoms with E-state index in [1.807, 2.05) is 36.4 Å². The Morgan fingerprint density at radius 1 is 1.17 bits per heavy atom. The summed E-state index contributed by atoms with van der Waals surface area (Å²) >= 11 is 0. The first-order valence-electron chi connectivity index (χ1n) is 9.85. The second-order valence-electron chi connectivity index (χ2n) is 8.57. The molecule has 0 aliphatic carbocycles. The summed E-state index contributed by atoms with van der Waals surface area (Å²) in [6.45, 7) is 7.21. The first-order chi connectivity index (χ1) is 14.3. The molecule has 7 heteroatoms. The van der Waals surface area contributed by atoms with Crippen molar-refractivity contribution in [1.82, 2.24) is 9.97 Å². The van der Waals surface area contributed by atoms with Crippen molar-refractivity contribution in [2.75, 3.05) is 13.2 Å². The Bertz CT molecular complexity index is 1050. The van der Waals surface area contributed by atoms with E-state index in [-0.39, 0.29) is 24.0 Å². The van der Waals surface area contributed by atoms with Gasteiger partial charge in [-0.25, -0.2) is 4.98 Å². The quantitative estimate of drug-likeness (QED) is 0.422. The number of hydrogen-bond acceptors (Lipinski definition) is 5. The molecule has 30 heavy (non-hydrogen) atoms. The van der Waals surface area contributed by atoms with Gasteiger partial charge in [0.1, 0.15) is 29.7 Å². The average molecular weight is 406 g/mol. The second kappa shape index (κ2) is 7.74. The summed E-state index contributed by atoms with van der Waals surface area (Å²) < 4.78 is 17.6. The molecular formula is C23H26N4O3. The molecule has 156 valence electrons. The molecule has 1 atom stereocenters. The standard InChI is InChI=1S/C23H26N4O3/c1-23(2,3)13-29-15-5-7-20-17(11-15)18(12-28-22(24)25)16-10-14(4-6-19(16)30-20)21-26-8-9-27-21/h4-11,18H,12-13H2,1-3H3,(H3,24,25)(H,26,27)/t18-/m1/s1. The highest BCUT2D eigenvalue weighted by Crippen LogP contribution is 2.46. The van der Waals surface area contributed by atoms with Gasteiger partial charge in [0, 0.05) is 29.1 Å². The van der Waals surface area contributed by atoms with Gasteiger partial charge in [0.2, 0.25) is 0 Å². The van der Waals surface area contributed by atoms with Crippen molar-refractivity contribution in [3.05, 3.63) is 59.9 Å². The normalized spacial score (nSPS) is 15.0. The van der Waals surface area contributed by atoms with Gasteiger partial charge in [-0.3, -0.25) is 5.41 Å². The summed E-state index contributed by atoms with van der Waals surface area (Å²) in [6, 6.07) is 11.4. The van der Waals surface area contributed by atoms with Crippen LogP contribution < -0.4 is 15.2 Å². The van der Waals surface area contributed by atoms with Crippen molar-refractivity contribution in [3.8, 4) is 28.6 Å². The summed E-state index contributed by atoms with van der Waals surface area (Å²) in [7, 11) is 0. The van der Waals surface area contributed by atoms with Gasteiger partial charge in [-0.1, -0.05) is 20.8 Å². The zero-order valence-corrected chi connectivity index (χ0v) is 17.4. The number of aromatic amines is 1. The molecule has 2 aromatic carbocycles. The lowest BCUT2D eigenvalue weighted by atomic mass is 9.87. The fraction of sp³-hybridized carbons (Fsp3) is 0.304. The third-order valence-electron chi connectivity index (χ3n) is 4.81. The summed E-state index contributed by atoms with van der Waals surface area (Å²) in [5, 5.41) is 7.50. The van der Waals surface area contributed by atoms with Crippen LogP contribution in [0.2, 0.25) is 0 Å². The number of aromatic nitrogens is 2. The minimum atomic E-state index is -0.313. The highest BCUT2D eigenvalue weighted by molar-refractivity contribution is 5.68. The monoisotopic (exact) mass is 406 g/mol. The number of rotatable bonds is 5. The maximum atomic E-state index is 7.50. The van der Waals surface area contributed by atoms with E-state index >= 15 is 0 Å². The van der Waals surface area contributed by atoms with Crippen LogP contribution in [0.1, 0.15) is 37.8 Å².